The van der Waals surface area contributed by atoms with Crippen LogP contribution in [0.25, 0.3) is 0 Å². The molecule has 4 heteroatoms. The maximum absolute atomic E-state index is 12.9. The van der Waals surface area contributed by atoms with Crippen LogP contribution in [0.3, 0.4) is 0 Å². The first-order chi connectivity index (χ1) is 9.63. The van der Waals surface area contributed by atoms with Gasteiger partial charge in [-0.15, -0.1) is 0 Å². The molecule has 0 aliphatic carbocycles. The van der Waals surface area contributed by atoms with E-state index >= 15 is 0 Å². The number of ether oxygens (including phenoxy) is 3. The van der Waals surface area contributed by atoms with Gasteiger partial charge in [-0.1, -0.05) is 0 Å². The average molecular weight is 278 g/mol. The molecule has 2 rings (SSSR count). The van der Waals surface area contributed by atoms with Crippen LogP contribution in [0.5, 0.6) is 5.75 Å². The normalized spacial score (nSPS) is 17.8. The van der Waals surface area contributed by atoms with Crippen molar-refractivity contribution < 1.29 is 19.0 Å². The highest BCUT2D eigenvalue weighted by atomic mass is 16.5. The summed E-state index contributed by atoms with van der Waals surface area (Å²) in [6.45, 7) is 5.52. The lowest BCUT2D eigenvalue weighted by Crippen LogP contribution is -2.46. The summed E-state index contributed by atoms with van der Waals surface area (Å²) in [5.41, 5.74) is 0.896. The molecule has 4 nitrogen and oxygen atoms in total. The number of Topliss-reactive ketones (excluding diaryl/α,β-unsaturated/α-hetero) is 1. The Bertz CT molecular complexity index is 470. The molecule has 0 N–H and O–H groups in total. The number of benzene rings is 1. The van der Waals surface area contributed by atoms with E-state index in [9.17, 15) is 4.79 Å². The van der Waals surface area contributed by atoms with Crippen LogP contribution in [-0.4, -0.2) is 38.3 Å². The zero-order valence-electron chi connectivity index (χ0n) is 12.4. The summed E-state index contributed by atoms with van der Waals surface area (Å²) in [6.07, 6.45) is 1.23. The Labute approximate surface area is 120 Å². The highest BCUT2D eigenvalue weighted by Gasteiger charge is 2.41. The zero-order chi connectivity index (χ0) is 14.6. The molecule has 20 heavy (non-hydrogen) atoms. The minimum absolute atomic E-state index is 0.0582. The van der Waals surface area contributed by atoms with Gasteiger partial charge in [0, 0.05) is 38.2 Å². The van der Waals surface area contributed by atoms with E-state index in [4.69, 9.17) is 14.2 Å². The SMILES string of the molecule is CCOC1(C(=O)c2ccc(OC)cc2C)CCOCC1. The van der Waals surface area contributed by atoms with Crippen LogP contribution in [0.4, 0.5) is 0 Å². The maximum Gasteiger partial charge on any atom is 0.195 e. The van der Waals surface area contributed by atoms with E-state index < -0.39 is 5.60 Å². The van der Waals surface area contributed by atoms with Crippen LogP contribution < -0.4 is 4.74 Å². The molecule has 0 atom stereocenters. The van der Waals surface area contributed by atoms with Gasteiger partial charge in [-0.05, 0) is 37.6 Å². The van der Waals surface area contributed by atoms with Crippen LogP contribution >= 0.6 is 0 Å². The third-order valence-corrected chi connectivity index (χ3v) is 3.81. The summed E-state index contributed by atoms with van der Waals surface area (Å²) in [4.78, 5) is 12.9. The number of aryl methyl sites for hydroxylation is 1. The van der Waals surface area contributed by atoms with Gasteiger partial charge in [-0.25, -0.2) is 0 Å². The van der Waals surface area contributed by atoms with Gasteiger partial charge in [0.05, 0.1) is 7.11 Å². The molecule has 110 valence electrons. The van der Waals surface area contributed by atoms with Crippen LogP contribution in [0.2, 0.25) is 0 Å². The van der Waals surface area contributed by atoms with Crippen LogP contribution in [-0.2, 0) is 9.47 Å². The highest BCUT2D eigenvalue weighted by Crippen LogP contribution is 2.31. The zero-order valence-corrected chi connectivity index (χ0v) is 12.4. The van der Waals surface area contributed by atoms with Gasteiger partial charge in [0.2, 0.25) is 0 Å². The Morgan fingerprint density at radius 2 is 2.05 bits per heavy atom. The molecule has 1 heterocycles. The largest absolute Gasteiger partial charge is 0.497 e. The minimum atomic E-state index is -0.730. The fourth-order valence-electron chi connectivity index (χ4n) is 2.68. The molecule has 0 aromatic heterocycles. The second kappa shape index (κ2) is 6.37. The first kappa shape index (κ1) is 15.0. The molecular formula is C16H22O4. The molecule has 1 aliphatic heterocycles. The van der Waals surface area contributed by atoms with E-state index in [1.54, 1.807) is 7.11 Å². The summed E-state index contributed by atoms with van der Waals surface area (Å²) >= 11 is 0. The van der Waals surface area contributed by atoms with Crippen molar-refractivity contribution in [1.82, 2.24) is 0 Å². The second-order valence-electron chi connectivity index (χ2n) is 5.05. The molecule has 1 saturated heterocycles. The van der Waals surface area contributed by atoms with Gasteiger partial charge in [0.15, 0.2) is 5.78 Å². The first-order valence-corrected chi connectivity index (χ1v) is 7.04. The predicted octanol–water partition coefficient (Wildman–Crippen LogP) is 2.77. The van der Waals surface area contributed by atoms with Crippen molar-refractivity contribution in [3.63, 3.8) is 0 Å². The van der Waals surface area contributed by atoms with Crippen molar-refractivity contribution in [3.05, 3.63) is 29.3 Å². The Balaban J connectivity index is 2.32. The molecule has 0 radical (unpaired) electrons. The Kier molecular flexibility index (Phi) is 4.78. The van der Waals surface area contributed by atoms with Crippen molar-refractivity contribution >= 4 is 5.78 Å². The van der Waals surface area contributed by atoms with E-state index in [2.05, 4.69) is 0 Å². The molecule has 0 saturated carbocycles. The summed E-state index contributed by atoms with van der Waals surface area (Å²) in [5.74, 6) is 0.819. The van der Waals surface area contributed by atoms with Gasteiger partial charge < -0.3 is 14.2 Å². The standard InChI is InChI=1S/C16H22O4/c1-4-20-16(7-9-19-10-8-16)15(17)14-6-5-13(18-3)11-12(14)2/h5-6,11H,4,7-10H2,1-3H3. The number of carbonyl (C=O) groups is 1. The van der Waals surface area contributed by atoms with Gasteiger partial charge in [-0.3, -0.25) is 4.79 Å². The number of ketones is 1. The molecule has 0 unspecified atom stereocenters. The van der Waals surface area contributed by atoms with Gasteiger partial charge in [0.25, 0.3) is 0 Å². The van der Waals surface area contributed by atoms with E-state index in [0.717, 1.165) is 11.3 Å². The smallest absolute Gasteiger partial charge is 0.195 e. The Morgan fingerprint density at radius 1 is 1.35 bits per heavy atom. The number of carbonyl (C=O) groups excluding carboxylic acids is 1. The summed E-state index contributed by atoms with van der Waals surface area (Å²) in [6, 6.07) is 5.53. The molecular weight excluding hydrogens is 256 g/mol. The van der Waals surface area contributed by atoms with Crippen LogP contribution in [0, 0.1) is 6.92 Å². The molecule has 1 fully saturated rings. The predicted molar refractivity (Wildman–Crippen MR) is 76.5 cm³/mol. The topological polar surface area (TPSA) is 44.8 Å². The van der Waals surface area contributed by atoms with Crippen LogP contribution in [0.15, 0.2) is 18.2 Å². The third kappa shape index (κ3) is 2.86. The Morgan fingerprint density at radius 3 is 2.60 bits per heavy atom. The molecule has 1 aromatic rings. The number of hydrogen-bond acceptors (Lipinski definition) is 4. The van der Waals surface area contributed by atoms with E-state index in [1.165, 1.54) is 0 Å². The second-order valence-corrected chi connectivity index (χ2v) is 5.05. The summed E-state index contributed by atoms with van der Waals surface area (Å²) in [7, 11) is 1.62. The van der Waals surface area contributed by atoms with Crippen molar-refractivity contribution in [2.45, 2.75) is 32.3 Å². The number of methoxy groups -OCH3 is 1. The van der Waals surface area contributed by atoms with Crippen molar-refractivity contribution in [2.75, 3.05) is 26.9 Å². The maximum atomic E-state index is 12.9. The lowest BCUT2D eigenvalue weighted by Gasteiger charge is -2.35. The quantitative estimate of drug-likeness (QED) is 0.777. The number of hydrogen-bond donors (Lipinski definition) is 0. The van der Waals surface area contributed by atoms with Crippen molar-refractivity contribution in [2.24, 2.45) is 0 Å². The van der Waals surface area contributed by atoms with Gasteiger partial charge in [-0.2, -0.15) is 0 Å². The Hall–Kier alpha value is -1.39. The molecule has 0 amide bonds. The molecule has 1 aliphatic rings. The van der Waals surface area contributed by atoms with Crippen LogP contribution in [0.1, 0.15) is 35.7 Å². The lowest BCUT2D eigenvalue weighted by atomic mass is 9.84. The van der Waals surface area contributed by atoms with E-state index in [-0.39, 0.29) is 5.78 Å². The monoisotopic (exact) mass is 278 g/mol. The highest BCUT2D eigenvalue weighted by molar-refractivity contribution is 6.03. The van der Waals surface area contributed by atoms with Gasteiger partial charge >= 0.3 is 0 Å². The fourth-order valence-corrected chi connectivity index (χ4v) is 2.68. The third-order valence-electron chi connectivity index (χ3n) is 3.81. The van der Waals surface area contributed by atoms with Gasteiger partial charge in [0.1, 0.15) is 11.4 Å². The lowest BCUT2D eigenvalue weighted by molar-refractivity contribution is -0.0822. The average Bonchev–Trinajstić information content (AvgIpc) is 2.47. The van der Waals surface area contributed by atoms with E-state index in [1.807, 2.05) is 32.0 Å². The minimum Gasteiger partial charge on any atom is -0.497 e. The molecule has 1 aromatic carbocycles. The van der Waals surface area contributed by atoms with Crippen molar-refractivity contribution in [1.29, 1.82) is 0 Å². The van der Waals surface area contributed by atoms with Crippen molar-refractivity contribution in [3.8, 4) is 5.75 Å². The summed E-state index contributed by atoms with van der Waals surface area (Å²) < 4.78 is 16.4. The molecule has 0 spiro atoms. The molecule has 0 bridgehead atoms. The van der Waals surface area contributed by atoms with E-state index in [0.29, 0.717) is 38.2 Å². The first-order valence-electron chi connectivity index (χ1n) is 7.04. The number of rotatable bonds is 5. The fraction of sp³-hybridized carbons (Fsp3) is 0.562. The summed E-state index contributed by atoms with van der Waals surface area (Å²) in [5, 5.41) is 0.